The number of nitrogens with two attached hydrogens (primary N) is 1. The highest BCUT2D eigenvalue weighted by Crippen LogP contribution is 2.14. The largest absolute Gasteiger partial charge is 0.375 e. The van der Waals surface area contributed by atoms with E-state index in [1.54, 1.807) is 0 Å². The van der Waals surface area contributed by atoms with E-state index in [-0.39, 0.29) is 0 Å². The van der Waals surface area contributed by atoms with Crippen molar-refractivity contribution in [1.29, 1.82) is 0 Å². The molecule has 0 bridgehead atoms. The molecule has 2 rings (SSSR count). The first-order valence-electron chi connectivity index (χ1n) is 5.26. The first-order valence-corrected chi connectivity index (χ1v) is 6.14. The summed E-state index contributed by atoms with van der Waals surface area (Å²) in [5.74, 6) is 0. The van der Waals surface area contributed by atoms with Crippen LogP contribution in [0.25, 0.3) is 12.2 Å². The molecule has 0 saturated heterocycles. The molecule has 0 fully saturated rings. The van der Waals surface area contributed by atoms with Gasteiger partial charge in [0.2, 0.25) is 0 Å². The number of aromatic nitrogens is 1. The summed E-state index contributed by atoms with van der Waals surface area (Å²) in [5.41, 5.74) is 9.02. The molecule has 0 amide bonds. The lowest BCUT2D eigenvalue weighted by molar-refractivity contribution is 1.14. The lowest BCUT2D eigenvalue weighted by atomic mass is 10.1. The zero-order valence-electron chi connectivity index (χ0n) is 9.18. The van der Waals surface area contributed by atoms with Crippen LogP contribution in [0.15, 0.2) is 29.6 Å². The number of hydrogen-bond acceptors (Lipinski definition) is 3. The van der Waals surface area contributed by atoms with Crippen LogP contribution in [0.1, 0.15) is 23.7 Å². The van der Waals surface area contributed by atoms with Crippen LogP contribution in [0.4, 0.5) is 5.13 Å². The summed E-state index contributed by atoms with van der Waals surface area (Å²) in [6.07, 6.45) is 5.11. The first-order chi connectivity index (χ1) is 7.78. The van der Waals surface area contributed by atoms with Crippen LogP contribution in [0.3, 0.4) is 0 Å². The molecule has 0 radical (unpaired) electrons. The van der Waals surface area contributed by atoms with Crippen molar-refractivity contribution in [3.63, 3.8) is 0 Å². The van der Waals surface area contributed by atoms with Crippen molar-refractivity contribution in [2.24, 2.45) is 0 Å². The smallest absolute Gasteiger partial charge is 0.180 e. The number of anilines is 1. The third-order valence-electron chi connectivity index (χ3n) is 2.37. The van der Waals surface area contributed by atoms with Gasteiger partial charge >= 0.3 is 0 Å². The predicted octanol–water partition coefficient (Wildman–Crippen LogP) is 3.46. The average Bonchev–Trinajstić information content (AvgIpc) is 2.73. The molecule has 1 aromatic carbocycles. The Bertz CT molecular complexity index is 483. The lowest BCUT2D eigenvalue weighted by Crippen LogP contribution is -1.81. The predicted molar refractivity (Wildman–Crippen MR) is 71.3 cm³/mol. The number of aryl methyl sites for hydroxylation is 1. The fourth-order valence-corrected chi connectivity index (χ4v) is 1.95. The molecule has 0 aliphatic rings. The summed E-state index contributed by atoms with van der Waals surface area (Å²) in [7, 11) is 0. The normalized spacial score (nSPS) is 11.1. The molecule has 0 atom stereocenters. The van der Waals surface area contributed by atoms with Gasteiger partial charge in [0.1, 0.15) is 0 Å². The third-order valence-corrected chi connectivity index (χ3v) is 3.07. The Balaban J connectivity index is 2.11. The maximum Gasteiger partial charge on any atom is 0.180 e. The second-order valence-corrected chi connectivity index (χ2v) is 4.43. The van der Waals surface area contributed by atoms with Crippen LogP contribution in [0.5, 0.6) is 0 Å². The zero-order chi connectivity index (χ0) is 11.4. The van der Waals surface area contributed by atoms with E-state index in [0.29, 0.717) is 5.13 Å². The van der Waals surface area contributed by atoms with Crippen LogP contribution >= 0.6 is 11.3 Å². The summed E-state index contributed by atoms with van der Waals surface area (Å²) in [5, 5.41) is 2.56. The Hall–Kier alpha value is -1.61. The molecule has 0 spiro atoms. The fourth-order valence-electron chi connectivity index (χ4n) is 1.42. The molecule has 16 heavy (non-hydrogen) atoms. The van der Waals surface area contributed by atoms with E-state index in [1.807, 2.05) is 17.5 Å². The van der Waals surface area contributed by atoms with Crippen molar-refractivity contribution >= 4 is 28.6 Å². The molecule has 1 aromatic heterocycles. The van der Waals surface area contributed by atoms with Crippen LogP contribution in [-0.2, 0) is 6.42 Å². The molecular formula is C13H14N2S. The highest BCUT2D eigenvalue weighted by molar-refractivity contribution is 7.13. The van der Waals surface area contributed by atoms with Crippen molar-refractivity contribution in [1.82, 2.24) is 4.98 Å². The van der Waals surface area contributed by atoms with Crippen LogP contribution < -0.4 is 5.73 Å². The van der Waals surface area contributed by atoms with Gasteiger partial charge in [0.05, 0.1) is 5.69 Å². The van der Waals surface area contributed by atoms with Crippen molar-refractivity contribution in [3.05, 3.63) is 46.5 Å². The number of rotatable bonds is 3. The number of nitrogens with zero attached hydrogens (tertiary/aromatic N) is 1. The maximum absolute atomic E-state index is 5.56. The zero-order valence-corrected chi connectivity index (χ0v) is 10.00. The van der Waals surface area contributed by atoms with E-state index < -0.39 is 0 Å². The topological polar surface area (TPSA) is 38.9 Å². The van der Waals surface area contributed by atoms with Crippen LogP contribution in [0.2, 0.25) is 0 Å². The second kappa shape index (κ2) is 4.94. The van der Waals surface area contributed by atoms with Crippen molar-refractivity contribution < 1.29 is 0 Å². The number of hydrogen-bond donors (Lipinski definition) is 1. The Morgan fingerprint density at radius 1 is 1.25 bits per heavy atom. The molecule has 0 saturated carbocycles. The minimum absolute atomic E-state index is 0.612. The van der Waals surface area contributed by atoms with Crippen LogP contribution in [0, 0.1) is 0 Å². The average molecular weight is 230 g/mol. The lowest BCUT2D eigenvalue weighted by Gasteiger charge is -1.96. The molecule has 3 heteroatoms. The number of nitrogen functional groups attached to an aromatic ring is 1. The molecule has 2 nitrogen and oxygen atoms in total. The number of thiazole rings is 1. The Labute approximate surface area is 99.5 Å². The Morgan fingerprint density at radius 3 is 2.56 bits per heavy atom. The molecule has 0 aliphatic heterocycles. The van der Waals surface area contributed by atoms with E-state index in [0.717, 1.165) is 12.1 Å². The summed E-state index contributed by atoms with van der Waals surface area (Å²) >= 11 is 1.46. The highest BCUT2D eigenvalue weighted by Gasteiger charge is 1.93. The van der Waals surface area contributed by atoms with Gasteiger partial charge in [0.25, 0.3) is 0 Å². The monoisotopic (exact) mass is 230 g/mol. The molecule has 82 valence electrons. The minimum Gasteiger partial charge on any atom is -0.375 e. The standard InChI is InChI=1S/C13H14N2S/c1-2-10-3-5-11(6-4-10)7-8-12-9-16-13(14)15-12/h3-9H,2H2,1H3,(H2,14,15). The van der Waals surface area contributed by atoms with Gasteiger partial charge < -0.3 is 5.73 Å². The van der Waals surface area contributed by atoms with Gasteiger partial charge in [0.15, 0.2) is 5.13 Å². The van der Waals surface area contributed by atoms with Gasteiger partial charge in [0, 0.05) is 5.38 Å². The fraction of sp³-hybridized carbons (Fsp3) is 0.154. The molecule has 1 heterocycles. The van der Waals surface area contributed by atoms with Gasteiger partial charge in [-0.3, -0.25) is 0 Å². The Kier molecular flexibility index (Phi) is 3.37. The van der Waals surface area contributed by atoms with E-state index in [9.17, 15) is 0 Å². The third kappa shape index (κ3) is 2.70. The summed E-state index contributed by atoms with van der Waals surface area (Å²) in [6, 6.07) is 8.53. The Morgan fingerprint density at radius 2 is 2.00 bits per heavy atom. The van der Waals surface area contributed by atoms with E-state index >= 15 is 0 Å². The van der Waals surface area contributed by atoms with Gasteiger partial charge in [-0.25, -0.2) is 4.98 Å². The molecular weight excluding hydrogens is 216 g/mol. The molecule has 0 aliphatic carbocycles. The van der Waals surface area contributed by atoms with Gasteiger partial charge in [-0.1, -0.05) is 37.3 Å². The SMILES string of the molecule is CCc1ccc(C=Cc2csc(N)n2)cc1. The second-order valence-electron chi connectivity index (χ2n) is 3.54. The highest BCUT2D eigenvalue weighted by atomic mass is 32.1. The summed E-state index contributed by atoms with van der Waals surface area (Å²) < 4.78 is 0. The van der Waals surface area contributed by atoms with Crippen molar-refractivity contribution in [3.8, 4) is 0 Å². The van der Waals surface area contributed by atoms with Gasteiger partial charge in [-0.15, -0.1) is 11.3 Å². The van der Waals surface area contributed by atoms with Gasteiger partial charge in [-0.05, 0) is 23.6 Å². The summed E-state index contributed by atoms with van der Waals surface area (Å²) in [4.78, 5) is 4.17. The quantitative estimate of drug-likeness (QED) is 0.877. The molecule has 2 aromatic rings. The van der Waals surface area contributed by atoms with E-state index in [4.69, 9.17) is 5.73 Å². The molecule has 2 N–H and O–H groups in total. The maximum atomic E-state index is 5.56. The minimum atomic E-state index is 0.612. The molecule has 0 unspecified atom stereocenters. The summed E-state index contributed by atoms with van der Waals surface area (Å²) in [6.45, 7) is 2.16. The van der Waals surface area contributed by atoms with E-state index in [2.05, 4.69) is 36.2 Å². The van der Waals surface area contributed by atoms with Crippen molar-refractivity contribution in [2.45, 2.75) is 13.3 Å². The van der Waals surface area contributed by atoms with Gasteiger partial charge in [-0.2, -0.15) is 0 Å². The van der Waals surface area contributed by atoms with Crippen molar-refractivity contribution in [2.75, 3.05) is 5.73 Å². The van der Waals surface area contributed by atoms with Crippen LogP contribution in [-0.4, -0.2) is 4.98 Å². The first kappa shape index (κ1) is 10.9. The van der Waals surface area contributed by atoms with E-state index in [1.165, 1.54) is 22.5 Å². The number of benzene rings is 1.